The summed E-state index contributed by atoms with van der Waals surface area (Å²) in [5, 5.41) is 0. The fourth-order valence-corrected chi connectivity index (χ4v) is 10.9. The van der Waals surface area contributed by atoms with E-state index in [1.165, 1.54) is 89.9 Å². The second kappa shape index (κ2) is 16.2. The third kappa shape index (κ3) is 7.93. The Morgan fingerprint density at radius 1 is 0.700 bits per heavy atom. The minimum Gasteiger partial charge on any atom is -0.0654 e. The van der Waals surface area contributed by atoms with Gasteiger partial charge in [-0.3, -0.25) is 0 Å². The summed E-state index contributed by atoms with van der Waals surface area (Å²) in [4.78, 5) is 0. The predicted molar refractivity (Wildman–Crippen MR) is 182 cm³/mol. The van der Waals surface area contributed by atoms with Crippen LogP contribution in [0.3, 0.4) is 0 Å². The summed E-state index contributed by atoms with van der Waals surface area (Å²) in [6.45, 7) is 32.9. The van der Waals surface area contributed by atoms with Crippen molar-refractivity contribution in [3.8, 4) is 0 Å². The smallest absolute Gasteiger partial charge is 0.0187 e. The van der Waals surface area contributed by atoms with Crippen molar-refractivity contribution in [2.45, 2.75) is 180 Å². The zero-order valence-electron chi connectivity index (χ0n) is 30.3. The molecule has 0 nitrogen and oxygen atoms in total. The van der Waals surface area contributed by atoms with E-state index in [-0.39, 0.29) is 0 Å². The largest absolute Gasteiger partial charge is 0.0654 e. The van der Waals surface area contributed by atoms with E-state index < -0.39 is 0 Å². The Hall–Kier alpha value is 0. The van der Waals surface area contributed by atoms with Gasteiger partial charge in [-0.05, 0) is 108 Å². The fourth-order valence-electron chi connectivity index (χ4n) is 10.9. The quantitative estimate of drug-likeness (QED) is 0.130. The molecule has 0 amide bonds. The van der Waals surface area contributed by atoms with Crippen molar-refractivity contribution < 1.29 is 0 Å². The molecule has 2 aliphatic carbocycles. The molecule has 0 bridgehead atoms. The molecule has 0 heterocycles. The predicted octanol–water partition coefficient (Wildman–Crippen LogP) is 13.5. The molecule has 40 heavy (non-hydrogen) atoms. The summed E-state index contributed by atoms with van der Waals surface area (Å²) in [5.41, 5.74) is 1.14. The second-order valence-corrected chi connectivity index (χ2v) is 16.8. The summed E-state index contributed by atoms with van der Waals surface area (Å²) in [7, 11) is 0. The lowest BCUT2D eigenvalue weighted by Gasteiger charge is -2.36. The van der Waals surface area contributed by atoms with Gasteiger partial charge in [-0.25, -0.2) is 0 Å². The van der Waals surface area contributed by atoms with Crippen molar-refractivity contribution in [2.24, 2.45) is 75.9 Å². The van der Waals surface area contributed by atoms with Gasteiger partial charge in [0, 0.05) is 0 Å². The molecule has 0 aliphatic heterocycles. The van der Waals surface area contributed by atoms with E-state index in [1.54, 1.807) is 0 Å². The fraction of sp³-hybridized carbons (Fsp3) is 1.00. The van der Waals surface area contributed by atoms with Crippen LogP contribution in [0.25, 0.3) is 0 Å². The van der Waals surface area contributed by atoms with Crippen LogP contribution >= 0.6 is 0 Å². The summed E-state index contributed by atoms with van der Waals surface area (Å²) in [5.74, 6) is 9.88. The van der Waals surface area contributed by atoms with Gasteiger partial charge in [-0.15, -0.1) is 0 Å². The van der Waals surface area contributed by atoms with Crippen molar-refractivity contribution >= 4 is 0 Å². The van der Waals surface area contributed by atoms with Gasteiger partial charge in [-0.1, -0.05) is 148 Å². The topological polar surface area (TPSA) is 0 Å². The first-order chi connectivity index (χ1) is 18.8. The molecule has 2 fully saturated rings. The zero-order valence-corrected chi connectivity index (χ0v) is 30.3. The minimum absolute atomic E-state index is 0.559. The SMILES string of the molecule is CCCCCCCC1CC(C(C)C)C(CCC)C1C(C)C(C)CCC1C(C)(CCC(C)C(C)C)C1(CC)C(C)C. The highest BCUT2D eigenvalue weighted by atomic mass is 14.8. The average molecular weight is 559 g/mol. The van der Waals surface area contributed by atoms with E-state index >= 15 is 0 Å². The molecule has 0 spiro atoms. The van der Waals surface area contributed by atoms with Crippen LogP contribution in [-0.2, 0) is 0 Å². The molecule has 0 aromatic rings. The van der Waals surface area contributed by atoms with Gasteiger partial charge in [0.1, 0.15) is 0 Å². The van der Waals surface area contributed by atoms with Crippen LogP contribution < -0.4 is 0 Å². The first-order valence-electron chi connectivity index (χ1n) is 18.8. The lowest BCUT2D eigenvalue weighted by Crippen LogP contribution is -2.29. The van der Waals surface area contributed by atoms with Crippen LogP contribution in [0.5, 0.6) is 0 Å². The Balaban J connectivity index is 2.14. The number of rotatable bonds is 20. The maximum atomic E-state index is 2.71. The normalized spacial score (nSPS) is 34.6. The highest BCUT2D eigenvalue weighted by Crippen LogP contribution is 2.78. The average Bonchev–Trinajstić information content (AvgIpc) is 3.23. The summed E-state index contributed by atoms with van der Waals surface area (Å²) in [6.07, 6.45) is 20.3. The van der Waals surface area contributed by atoms with Gasteiger partial charge in [0.2, 0.25) is 0 Å². The lowest BCUT2D eigenvalue weighted by atomic mass is 9.69. The summed E-state index contributed by atoms with van der Waals surface area (Å²) >= 11 is 0. The Morgan fingerprint density at radius 2 is 1.35 bits per heavy atom. The molecule has 0 heteroatoms. The van der Waals surface area contributed by atoms with Crippen LogP contribution in [-0.4, -0.2) is 0 Å². The van der Waals surface area contributed by atoms with Gasteiger partial charge in [0.05, 0.1) is 0 Å². The van der Waals surface area contributed by atoms with Crippen LogP contribution in [0.2, 0.25) is 0 Å². The van der Waals surface area contributed by atoms with Gasteiger partial charge < -0.3 is 0 Å². The van der Waals surface area contributed by atoms with Crippen molar-refractivity contribution in [1.82, 2.24) is 0 Å². The maximum Gasteiger partial charge on any atom is -0.0187 e. The van der Waals surface area contributed by atoms with Crippen LogP contribution in [0.4, 0.5) is 0 Å². The molecule has 2 aliphatic rings. The summed E-state index contributed by atoms with van der Waals surface area (Å²) in [6, 6.07) is 0. The lowest BCUT2D eigenvalue weighted by molar-refractivity contribution is 0.125. The number of hydrogen-bond donors (Lipinski definition) is 0. The van der Waals surface area contributed by atoms with Gasteiger partial charge in [-0.2, -0.15) is 0 Å². The van der Waals surface area contributed by atoms with Gasteiger partial charge in [0.25, 0.3) is 0 Å². The molecule has 0 saturated heterocycles. The Kier molecular flexibility index (Phi) is 14.6. The van der Waals surface area contributed by atoms with Crippen molar-refractivity contribution in [2.75, 3.05) is 0 Å². The first kappa shape index (κ1) is 36.2. The number of unbranched alkanes of at least 4 members (excludes halogenated alkanes) is 4. The zero-order chi connectivity index (χ0) is 30.3. The molecule has 0 N–H and O–H groups in total. The van der Waals surface area contributed by atoms with Gasteiger partial charge in [0.15, 0.2) is 0 Å². The molecule has 0 radical (unpaired) electrons. The number of hydrogen-bond acceptors (Lipinski definition) is 0. The van der Waals surface area contributed by atoms with E-state index in [9.17, 15) is 0 Å². The van der Waals surface area contributed by atoms with Crippen LogP contribution in [0.1, 0.15) is 180 Å². The minimum atomic E-state index is 0.559. The van der Waals surface area contributed by atoms with Crippen molar-refractivity contribution in [1.29, 1.82) is 0 Å². The van der Waals surface area contributed by atoms with Crippen LogP contribution in [0, 0.1) is 75.9 Å². The molecule has 2 saturated carbocycles. The van der Waals surface area contributed by atoms with E-state index in [0.29, 0.717) is 10.8 Å². The highest BCUT2D eigenvalue weighted by molar-refractivity contribution is 5.19. The standard InChI is InChI=1S/C40H78/c1-14-17-18-19-20-22-34-27-36(29(6)7)35(21-15-2)38(34)33(12)32(11)23-24-37-39(13,26-25-31(10)28(4)5)40(37,16-3)30(8)9/h28-38H,14-27H2,1-13H3. The summed E-state index contributed by atoms with van der Waals surface area (Å²) < 4.78 is 0. The van der Waals surface area contributed by atoms with E-state index in [1.807, 2.05) is 0 Å². The Labute approximate surface area is 255 Å². The van der Waals surface area contributed by atoms with Crippen molar-refractivity contribution in [3.05, 3.63) is 0 Å². The Bertz CT molecular complexity index is 688. The molecule has 10 unspecified atom stereocenters. The monoisotopic (exact) mass is 559 g/mol. The molecule has 238 valence electrons. The first-order valence-corrected chi connectivity index (χ1v) is 18.8. The van der Waals surface area contributed by atoms with Crippen LogP contribution in [0.15, 0.2) is 0 Å². The van der Waals surface area contributed by atoms with E-state index in [0.717, 1.165) is 65.1 Å². The van der Waals surface area contributed by atoms with Gasteiger partial charge >= 0.3 is 0 Å². The van der Waals surface area contributed by atoms with Crippen molar-refractivity contribution in [3.63, 3.8) is 0 Å². The van der Waals surface area contributed by atoms with E-state index in [4.69, 9.17) is 0 Å². The molecular weight excluding hydrogens is 480 g/mol. The molecule has 10 atom stereocenters. The third-order valence-corrected chi connectivity index (χ3v) is 14.0. The second-order valence-electron chi connectivity index (χ2n) is 16.8. The highest BCUT2D eigenvalue weighted by Gasteiger charge is 2.71. The molecule has 2 rings (SSSR count). The Morgan fingerprint density at radius 3 is 1.88 bits per heavy atom. The van der Waals surface area contributed by atoms with E-state index in [2.05, 4.69) is 90.0 Å². The molecule has 0 aromatic carbocycles. The molecule has 0 aromatic heterocycles. The maximum absolute atomic E-state index is 2.71. The third-order valence-electron chi connectivity index (χ3n) is 14.0. The molecular formula is C40H78.